The molecule has 0 aromatic rings. The van der Waals surface area contributed by atoms with E-state index < -0.39 is 5.91 Å². The second kappa shape index (κ2) is 5.29. The fourth-order valence-corrected chi connectivity index (χ4v) is 2.06. The average molecular weight is 238 g/mol. The highest BCUT2D eigenvalue weighted by Gasteiger charge is 2.23. The lowest BCUT2D eigenvalue weighted by atomic mass is 9.99. The van der Waals surface area contributed by atoms with E-state index in [0.717, 1.165) is 19.0 Å². The summed E-state index contributed by atoms with van der Waals surface area (Å²) < 4.78 is 0. The van der Waals surface area contributed by atoms with E-state index in [1.165, 1.54) is 19.1 Å². The van der Waals surface area contributed by atoms with Crippen LogP contribution in [0.5, 0.6) is 0 Å². The number of hydrogen-bond donors (Lipinski definition) is 3. The third-order valence-electron chi connectivity index (χ3n) is 3.27. The van der Waals surface area contributed by atoms with Gasteiger partial charge in [-0.15, -0.1) is 0 Å². The fourth-order valence-electron chi connectivity index (χ4n) is 2.06. The third-order valence-corrected chi connectivity index (χ3v) is 3.27. The van der Waals surface area contributed by atoms with Gasteiger partial charge in [-0.3, -0.25) is 19.9 Å². The van der Waals surface area contributed by atoms with Crippen molar-refractivity contribution < 1.29 is 10.0 Å². The maximum atomic E-state index is 11.1. The number of carbonyl (C=O) groups is 1. The van der Waals surface area contributed by atoms with Crippen LogP contribution in [0.1, 0.15) is 19.8 Å². The molecule has 94 valence electrons. The molecule has 0 spiro atoms. The van der Waals surface area contributed by atoms with Crippen molar-refractivity contribution in [3.63, 3.8) is 0 Å². The molecule has 0 radical (unpaired) electrons. The molecular weight excluding hydrogens is 220 g/mol. The van der Waals surface area contributed by atoms with E-state index in [0.29, 0.717) is 5.57 Å². The van der Waals surface area contributed by atoms with Gasteiger partial charge in [0, 0.05) is 25.5 Å². The van der Waals surface area contributed by atoms with Crippen molar-refractivity contribution >= 4 is 12.1 Å². The lowest BCUT2D eigenvalue weighted by Gasteiger charge is -2.35. The normalized spacial score (nSPS) is 26.2. The van der Waals surface area contributed by atoms with Crippen LogP contribution in [-0.2, 0) is 4.79 Å². The maximum absolute atomic E-state index is 11.1. The molecule has 2 heterocycles. The highest BCUT2D eigenvalue weighted by atomic mass is 16.5. The predicted octanol–water partition coefficient (Wildman–Crippen LogP) is 0.0652. The average Bonchev–Trinajstić information content (AvgIpc) is 2.39. The van der Waals surface area contributed by atoms with Gasteiger partial charge in [0.2, 0.25) is 0 Å². The Hall–Kier alpha value is -1.40. The molecule has 2 aliphatic heterocycles. The molecule has 0 aromatic heterocycles. The number of rotatable bonds is 2. The number of piperidine rings is 1. The van der Waals surface area contributed by atoms with Crippen molar-refractivity contribution in [2.45, 2.75) is 26.1 Å². The van der Waals surface area contributed by atoms with Gasteiger partial charge in [-0.25, -0.2) is 5.48 Å². The number of nitrogens with one attached hydrogen (secondary N) is 2. The first-order valence-corrected chi connectivity index (χ1v) is 5.88. The number of hydroxylamine groups is 1. The Bertz CT molecular complexity index is 345. The van der Waals surface area contributed by atoms with Crippen molar-refractivity contribution in [2.75, 3.05) is 13.1 Å². The van der Waals surface area contributed by atoms with Crippen molar-refractivity contribution in [1.82, 2.24) is 15.7 Å². The van der Waals surface area contributed by atoms with Gasteiger partial charge in [0.05, 0.1) is 5.57 Å². The minimum Gasteiger partial charge on any atom is -0.357 e. The van der Waals surface area contributed by atoms with E-state index in [9.17, 15) is 4.79 Å². The summed E-state index contributed by atoms with van der Waals surface area (Å²) in [4.78, 5) is 17.6. The SMILES string of the molecule is CC1CCN(C2N=CC(C(=O)NO)=CN2)CC1. The summed E-state index contributed by atoms with van der Waals surface area (Å²) in [5.41, 5.74) is 1.91. The van der Waals surface area contributed by atoms with Gasteiger partial charge >= 0.3 is 0 Å². The van der Waals surface area contributed by atoms with Crippen LogP contribution < -0.4 is 10.8 Å². The molecule has 0 aromatic carbocycles. The Morgan fingerprint density at radius 2 is 2.29 bits per heavy atom. The second-order valence-corrected chi connectivity index (χ2v) is 4.58. The van der Waals surface area contributed by atoms with Crippen molar-refractivity contribution in [1.29, 1.82) is 0 Å². The summed E-state index contributed by atoms with van der Waals surface area (Å²) in [7, 11) is 0. The van der Waals surface area contributed by atoms with Gasteiger partial charge in [0.15, 0.2) is 6.29 Å². The monoisotopic (exact) mass is 238 g/mol. The smallest absolute Gasteiger partial charge is 0.277 e. The number of carbonyl (C=O) groups excluding carboxylic acids is 1. The molecule has 2 rings (SSSR count). The molecule has 1 atom stereocenters. The molecule has 1 fully saturated rings. The molecule has 0 aliphatic carbocycles. The minimum absolute atomic E-state index is 0.0854. The molecule has 2 aliphatic rings. The lowest BCUT2D eigenvalue weighted by molar-refractivity contribution is -0.124. The van der Waals surface area contributed by atoms with Gasteiger partial charge in [-0.2, -0.15) is 0 Å². The Morgan fingerprint density at radius 1 is 1.59 bits per heavy atom. The quantitative estimate of drug-likeness (QED) is 0.470. The first-order valence-electron chi connectivity index (χ1n) is 5.88. The van der Waals surface area contributed by atoms with E-state index in [4.69, 9.17) is 5.21 Å². The van der Waals surface area contributed by atoms with Crippen LogP contribution in [0, 0.1) is 5.92 Å². The van der Waals surface area contributed by atoms with E-state index in [1.807, 2.05) is 0 Å². The van der Waals surface area contributed by atoms with E-state index >= 15 is 0 Å². The lowest BCUT2D eigenvalue weighted by Crippen LogP contribution is -2.48. The summed E-state index contributed by atoms with van der Waals surface area (Å²) in [5.74, 6) is 0.233. The van der Waals surface area contributed by atoms with Gasteiger partial charge in [0.1, 0.15) is 0 Å². The highest BCUT2D eigenvalue weighted by Crippen LogP contribution is 2.18. The number of likely N-dealkylation sites (tertiary alicyclic amines) is 1. The predicted molar refractivity (Wildman–Crippen MR) is 63.4 cm³/mol. The van der Waals surface area contributed by atoms with Crippen LogP contribution in [0.3, 0.4) is 0 Å². The molecule has 3 N–H and O–H groups in total. The number of amides is 1. The molecule has 1 saturated heterocycles. The fraction of sp³-hybridized carbons (Fsp3) is 0.636. The molecule has 17 heavy (non-hydrogen) atoms. The molecule has 0 saturated carbocycles. The Balaban J connectivity index is 1.89. The van der Waals surface area contributed by atoms with Gasteiger partial charge < -0.3 is 5.32 Å². The van der Waals surface area contributed by atoms with E-state index in [2.05, 4.69) is 22.1 Å². The summed E-state index contributed by atoms with van der Waals surface area (Å²) in [6.07, 6.45) is 5.35. The maximum Gasteiger partial charge on any atom is 0.277 e. The number of aliphatic imine (C=N–C) groups is 1. The van der Waals surface area contributed by atoms with Gasteiger partial charge in [-0.05, 0) is 18.8 Å². The van der Waals surface area contributed by atoms with Crippen LogP contribution in [-0.4, -0.2) is 41.6 Å². The highest BCUT2D eigenvalue weighted by molar-refractivity contribution is 6.11. The van der Waals surface area contributed by atoms with Crippen LogP contribution in [0.15, 0.2) is 16.8 Å². The van der Waals surface area contributed by atoms with Gasteiger partial charge in [-0.1, -0.05) is 6.92 Å². The summed E-state index contributed by atoms with van der Waals surface area (Å²) in [5, 5.41) is 11.6. The molecule has 6 heteroatoms. The van der Waals surface area contributed by atoms with Crippen LogP contribution in [0.2, 0.25) is 0 Å². The largest absolute Gasteiger partial charge is 0.357 e. The zero-order chi connectivity index (χ0) is 12.3. The zero-order valence-corrected chi connectivity index (χ0v) is 9.89. The molecule has 6 nitrogen and oxygen atoms in total. The summed E-state index contributed by atoms with van der Waals surface area (Å²) in [6.45, 7) is 4.30. The first-order chi connectivity index (χ1) is 8.20. The van der Waals surface area contributed by atoms with Crippen LogP contribution in [0.25, 0.3) is 0 Å². The Morgan fingerprint density at radius 3 is 2.82 bits per heavy atom. The van der Waals surface area contributed by atoms with E-state index in [1.54, 1.807) is 11.7 Å². The Labute approximate surface area is 100 Å². The first kappa shape index (κ1) is 12.1. The molecular formula is C11H18N4O2. The van der Waals surface area contributed by atoms with E-state index in [-0.39, 0.29) is 6.29 Å². The minimum atomic E-state index is -0.549. The van der Waals surface area contributed by atoms with Crippen molar-refractivity contribution in [3.05, 3.63) is 11.8 Å². The standard InChI is InChI=1S/C11H18N4O2/c1-8-2-4-15(5-3-8)11-12-6-9(7-13-11)10(16)14-17/h6-8,11-12,17H,2-5H2,1H3,(H,14,16). The molecule has 0 bridgehead atoms. The summed E-state index contributed by atoms with van der Waals surface area (Å²) >= 11 is 0. The zero-order valence-electron chi connectivity index (χ0n) is 9.89. The Kier molecular flexibility index (Phi) is 3.75. The van der Waals surface area contributed by atoms with Crippen LogP contribution >= 0.6 is 0 Å². The number of hydrogen-bond acceptors (Lipinski definition) is 5. The topological polar surface area (TPSA) is 77.0 Å². The van der Waals surface area contributed by atoms with Crippen molar-refractivity contribution in [2.24, 2.45) is 10.9 Å². The van der Waals surface area contributed by atoms with Gasteiger partial charge in [0.25, 0.3) is 5.91 Å². The number of nitrogens with zero attached hydrogens (tertiary/aromatic N) is 2. The van der Waals surface area contributed by atoms with Crippen molar-refractivity contribution in [3.8, 4) is 0 Å². The third kappa shape index (κ3) is 2.83. The van der Waals surface area contributed by atoms with Crippen LogP contribution in [0.4, 0.5) is 0 Å². The molecule has 1 unspecified atom stereocenters. The molecule has 1 amide bonds. The second-order valence-electron chi connectivity index (χ2n) is 4.58. The summed E-state index contributed by atoms with van der Waals surface area (Å²) in [6, 6.07) is 0.